The summed E-state index contributed by atoms with van der Waals surface area (Å²) in [6.45, 7) is 5.78. The van der Waals surface area contributed by atoms with Crippen LogP contribution in [0.5, 0.6) is 0 Å². The summed E-state index contributed by atoms with van der Waals surface area (Å²) in [5.41, 5.74) is 0.857. The van der Waals surface area contributed by atoms with Gasteiger partial charge in [-0.3, -0.25) is 4.79 Å². The quantitative estimate of drug-likeness (QED) is 0.653. The van der Waals surface area contributed by atoms with Crippen LogP contribution >= 0.6 is 11.8 Å². The normalized spacial score (nSPS) is 11.8. The van der Waals surface area contributed by atoms with Gasteiger partial charge in [-0.05, 0) is 19.1 Å². The summed E-state index contributed by atoms with van der Waals surface area (Å²) in [5, 5.41) is 10.7. The Bertz CT molecular complexity index is 583. The fraction of sp³-hybridized carbons (Fsp3) is 0.214. The number of amides is 1. The molecule has 104 valence electrons. The molecule has 0 fully saturated rings. The first-order valence-electron chi connectivity index (χ1n) is 6.15. The highest BCUT2D eigenvalue weighted by atomic mass is 32.2. The molecule has 5 nitrogen and oxygen atoms in total. The lowest BCUT2D eigenvalue weighted by atomic mass is 10.2. The van der Waals surface area contributed by atoms with E-state index >= 15 is 0 Å². The van der Waals surface area contributed by atoms with Gasteiger partial charge in [0.1, 0.15) is 0 Å². The van der Waals surface area contributed by atoms with Gasteiger partial charge >= 0.3 is 0 Å². The third kappa shape index (κ3) is 3.71. The average Bonchev–Trinajstić information content (AvgIpc) is 2.94. The minimum absolute atomic E-state index is 0.0886. The Hall–Kier alpha value is -2.08. The van der Waals surface area contributed by atoms with Crippen LogP contribution in [0.15, 0.2) is 52.6 Å². The molecule has 1 N–H and O–H groups in total. The molecule has 0 saturated carbocycles. The van der Waals surface area contributed by atoms with Crippen LogP contribution in [0.25, 0.3) is 11.5 Å². The molecular formula is C14H15N3O2S. The highest BCUT2D eigenvalue weighted by Crippen LogP contribution is 2.25. The van der Waals surface area contributed by atoms with Crippen molar-refractivity contribution in [1.29, 1.82) is 0 Å². The molecular weight excluding hydrogens is 274 g/mol. The van der Waals surface area contributed by atoms with E-state index in [4.69, 9.17) is 4.42 Å². The highest BCUT2D eigenvalue weighted by Gasteiger charge is 2.17. The van der Waals surface area contributed by atoms with Gasteiger partial charge < -0.3 is 9.73 Å². The van der Waals surface area contributed by atoms with Gasteiger partial charge in [-0.1, -0.05) is 36.0 Å². The number of rotatable bonds is 6. The van der Waals surface area contributed by atoms with E-state index in [1.54, 1.807) is 13.0 Å². The molecule has 0 unspecified atom stereocenters. The van der Waals surface area contributed by atoms with Gasteiger partial charge in [0.2, 0.25) is 11.8 Å². The smallest absolute Gasteiger partial charge is 0.277 e. The van der Waals surface area contributed by atoms with Gasteiger partial charge in [-0.2, -0.15) is 0 Å². The van der Waals surface area contributed by atoms with Crippen molar-refractivity contribution in [2.24, 2.45) is 0 Å². The van der Waals surface area contributed by atoms with E-state index in [9.17, 15) is 4.79 Å². The minimum atomic E-state index is -0.306. The molecule has 0 radical (unpaired) electrons. The number of aromatic nitrogens is 2. The summed E-state index contributed by atoms with van der Waals surface area (Å²) >= 11 is 1.23. The maximum absolute atomic E-state index is 11.7. The molecule has 0 saturated heterocycles. The average molecular weight is 289 g/mol. The van der Waals surface area contributed by atoms with Crippen molar-refractivity contribution < 1.29 is 9.21 Å². The Morgan fingerprint density at radius 2 is 2.20 bits per heavy atom. The Balaban J connectivity index is 1.99. The molecule has 1 atom stereocenters. The molecule has 1 amide bonds. The standard InChI is InChI=1S/C14H15N3O2S/c1-3-9-15-12(18)10(2)20-14-17-16-13(19-14)11-7-5-4-6-8-11/h3-8,10H,1,9H2,2H3,(H,15,18)/t10-/m1/s1. The molecule has 1 aromatic carbocycles. The van der Waals surface area contributed by atoms with Crippen molar-refractivity contribution in [3.63, 3.8) is 0 Å². The molecule has 2 aromatic rings. The van der Waals surface area contributed by atoms with Crippen LogP contribution in [0.4, 0.5) is 0 Å². The summed E-state index contributed by atoms with van der Waals surface area (Å²) in [6.07, 6.45) is 1.63. The Kier molecular flexibility index (Phi) is 4.95. The summed E-state index contributed by atoms with van der Waals surface area (Å²) in [6, 6.07) is 9.50. The second kappa shape index (κ2) is 6.91. The van der Waals surface area contributed by atoms with E-state index in [1.165, 1.54) is 11.8 Å². The SMILES string of the molecule is C=CCNC(=O)[C@@H](C)Sc1nnc(-c2ccccc2)o1. The topological polar surface area (TPSA) is 68.0 Å². The van der Waals surface area contributed by atoms with Crippen LogP contribution in [-0.4, -0.2) is 27.9 Å². The first-order valence-corrected chi connectivity index (χ1v) is 7.03. The van der Waals surface area contributed by atoms with Gasteiger partial charge in [0.15, 0.2) is 0 Å². The molecule has 20 heavy (non-hydrogen) atoms. The fourth-order valence-corrected chi connectivity index (χ4v) is 2.18. The zero-order valence-electron chi connectivity index (χ0n) is 11.1. The molecule has 1 aromatic heterocycles. The zero-order chi connectivity index (χ0) is 14.4. The van der Waals surface area contributed by atoms with E-state index < -0.39 is 0 Å². The van der Waals surface area contributed by atoms with Gasteiger partial charge in [-0.15, -0.1) is 16.8 Å². The summed E-state index contributed by atoms with van der Waals surface area (Å²) in [4.78, 5) is 11.7. The number of thioether (sulfide) groups is 1. The Labute approximate surface area is 121 Å². The van der Waals surface area contributed by atoms with Crippen molar-refractivity contribution in [3.8, 4) is 11.5 Å². The van der Waals surface area contributed by atoms with E-state index in [-0.39, 0.29) is 11.2 Å². The minimum Gasteiger partial charge on any atom is -0.411 e. The van der Waals surface area contributed by atoms with Crippen molar-refractivity contribution in [2.75, 3.05) is 6.54 Å². The second-order valence-electron chi connectivity index (χ2n) is 4.03. The monoisotopic (exact) mass is 289 g/mol. The van der Waals surface area contributed by atoms with Crippen LogP contribution in [0, 0.1) is 0 Å². The predicted molar refractivity (Wildman–Crippen MR) is 78.3 cm³/mol. The summed E-state index contributed by atoms with van der Waals surface area (Å²) < 4.78 is 5.54. The van der Waals surface area contributed by atoms with E-state index in [0.717, 1.165) is 5.56 Å². The summed E-state index contributed by atoms with van der Waals surface area (Å²) in [5.74, 6) is 0.362. The Morgan fingerprint density at radius 1 is 1.45 bits per heavy atom. The largest absolute Gasteiger partial charge is 0.411 e. The van der Waals surface area contributed by atoms with Crippen LogP contribution in [0.3, 0.4) is 0 Å². The first kappa shape index (κ1) is 14.3. The lowest BCUT2D eigenvalue weighted by Gasteiger charge is -2.07. The van der Waals surface area contributed by atoms with E-state index in [0.29, 0.717) is 17.7 Å². The highest BCUT2D eigenvalue weighted by molar-refractivity contribution is 8.00. The third-order valence-electron chi connectivity index (χ3n) is 2.49. The van der Waals surface area contributed by atoms with E-state index in [1.807, 2.05) is 30.3 Å². The van der Waals surface area contributed by atoms with Gasteiger partial charge in [-0.25, -0.2) is 0 Å². The predicted octanol–water partition coefficient (Wildman–Crippen LogP) is 2.52. The number of hydrogen-bond donors (Lipinski definition) is 1. The maximum Gasteiger partial charge on any atom is 0.277 e. The summed E-state index contributed by atoms with van der Waals surface area (Å²) in [7, 11) is 0. The molecule has 2 rings (SSSR count). The number of benzene rings is 1. The van der Waals surface area contributed by atoms with Crippen molar-refractivity contribution in [1.82, 2.24) is 15.5 Å². The molecule has 1 heterocycles. The first-order chi connectivity index (χ1) is 9.70. The second-order valence-corrected chi connectivity index (χ2v) is 5.33. The molecule has 0 bridgehead atoms. The van der Waals surface area contributed by atoms with Gasteiger partial charge in [0.05, 0.1) is 5.25 Å². The van der Waals surface area contributed by atoms with E-state index in [2.05, 4.69) is 22.1 Å². The molecule has 0 aliphatic heterocycles. The maximum atomic E-state index is 11.7. The van der Waals surface area contributed by atoms with Gasteiger partial charge in [0, 0.05) is 12.1 Å². The van der Waals surface area contributed by atoms with Crippen LogP contribution < -0.4 is 5.32 Å². The number of nitrogens with one attached hydrogen (secondary N) is 1. The fourth-order valence-electron chi connectivity index (χ4n) is 1.48. The number of carbonyl (C=O) groups is 1. The Morgan fingerprint density at radius 3 is 2.90 bits per heavy atom. The van der Waals surface area contributed by atoms with Crippen LogP contribution in [0.1, 0.15) is 6.92 Å². The number of carbonyl (C=O) groups excluding carboxylic acids is 1. The van der Waals surface area contributed by atoms with Gasteiger partial charge in [0.25, 0.3) is 5.22 Å². The molecule has 6 heteroatoms. The number of hydrogen-bond acceptors (Lipinski definition) is 5. The molecule has 0 spiro atoms. The number of nitrogens with zero attached hydrogens (tertiary/aromatic N) is 2. The zero-order valence-corrected chi connectivity index (χ0v) is 11.9. The van der Waals surface area contributed by atoms with Crippen LogP contribution in [-0.2, 0) is 4.79 Å². The lowest BCUT2D eigenvalue weighted by molar-refractivity contribution is -0.120. The lowest BCUT2D eigenvalue weighted by Crippen LogP contribution is -2.30. The van der Waals surface area contributed by atoms with Crippen LogP contribution in [0.2, 0.25) is 0 Å². The van der Waals surface area contributed by atoms with Crippen molar-refractivity contribution >= 4 is 17.7 Å². The van der Waals surface area contributed by atoms with Crippen molar-refractivity contribution in [2.45, 2.75) is 17.4 Å². The van der Waals surface area contributed by atoms with Crippen molar-refractivity contribution in [3.05, 3.63) is 43.0 Å². The molecule has 0 aliphatic carbocycles. The third-order valence-corrected chi connectivity index (χ3v) is 3.43. The molecule has 0 aliphatic rings.